The fraction of sp³-hybridized carbons (Fsp3) is 0.190. The van der Waals surface area contributed by atoms with E-state index in [4.69, 9.17) is 4.74 Å². The van der Waals surface area contributed by atoms with Gasteiger partial charge in [-0.3, -0.25) is 9.59 Å². The maximum Gasteiger partial charge on any atom is 0.416 e. The van der Waals surface area contributed by atoms with Crippen LogP contribution in [0.5, 0.6) is 5.75 Å². The molecule has 0 aliphatic heterocycles. The lowest BCUT2D eigenvalue weighted by atomic mass is 10.1. The zero-order chi connectivity index (χ0) is 21.9. The first-order valence-electron chi connectivity index (χ1n) is 8.91. The number of carbonyl (C=O) groups is 1. The molecule has 2 aromatic carbocycles. The fourth-order valence-electron chi connectivity index (χ4n) is 2.72. The van der Waals surface area contributed by atoms with E-state index < -0.39 is 29.2 Å². The van der Waals surface area contributed by atoms with E-state index in [1.807, 2.05) is 0 Å². The van der Waals surface area contributed by atoms with Gasteiger partial charge in [0.2, 0.25) is 5.91 Å². The number of anilines is 1. The van der Waals surface area contributed by atoms with Gasteiger partial charge >= 0.3 is 6.18 Å². The number of aromatic nitrogens is 2. The highest BCUT2D eigenvalue weighted by atomic mass is 19.4. The Bertz CT molecular complexity index is 1090. The lowest BCUT2D eigenvalue weighted by Gasteiger charge is -2.15. The van der Waals surface area contributed by atoms with Crippen LogP contribution in [-0.4, -0.2) is 22.8 Å². The first-order valence-corrected chi connectivity index (χ1v) is 8.91. The summed E-state index contributed by atoms with van der Waals surface area (Å²) in [5.41, 5.74) is 0.0755. The number of rotatable bonds is 5. The molecular weight excluding hydrogens is 399 g/mol. The molecule has 9 heteroatoms. The Hall–Kier alpha value is -3.62. The molecule has 1 atom stereocenters. The van der Waals surface area contributed by atoms with Crippen LogP contribution in [0.4, 0.5) is 18.9 Å². The van der Waals surface area contributed by atoms with E-state index in [0.29, 0.717) is 11.4 Å². The Kier molecular flexibility index (Phi) is 5.91. The Morgan fingerprint density at radius 3 is 2.23 bits per heavy atom. The van der Waals surface area contributed by atoms with E-state index in [1.54, 1.807) is 37.4 Å². The molecule has 0 spiro atoms. The summed E-state index contributed by atoms with van der Waals surface area (Å²) in [6, 6.07) is 12.9. The molecule has 0 fully saturated rings. The zero-order valence-electron chi connectivity index (χ0n) is 16.1. The zero-order valence-corrected chi connectivity index (χ0v) is 16.1. The predicted molar refractivity (Wildman–Crippen MR) is 105 cm³/mol. The van der Waals surface area contributed by atoms with Gasteiger partial charge in [-0.2, -0.15) is 18.3 Å². The van der Waals surface area contributed by atoms with Crippen LogP contribution in [0.3, 0.4) is 0 Å². The van der Waals surface area contributed by atoms with E-state index in [0.717, 1.165) is 34.5 Å². The van der Waals surface area contributed by atoms with E-state index in [-0.39, 0.29) is 5.69 Å². The standard InChI is InChI=1S/C21H18F3N3O3/c1-13(20(29)25-16-7-5-15(6-8-16)21(22,23)24)27-19(28)12-11-18(26-27)14-3-9-17(30-2)10-4-14/h3-13H,1-2H3,(H,25,29). The van der Waals surface area contributed by atoms with Crippen molar-refractivity contribution in [3.8, 4) is 17.0 Å². The first kappa shape index (κ1) is 21.1. The second kappa shape index (κ2) is 8.40. The number of nitrogens with one attached hydrogen (secondary N) is 1. The average Bonchev–Trinajstić information content (AvgIpc) is 2.73. The molecule has 1 amide bonds. The Balaban J connectivity index is 1.80. The van der Waals surface area contributed by atoms with Crippen molar-refractivity contribution in [1.82, 2.24) is 9.78 Å². The summed E-state index contributed by atoms with van der Waals surface area (Å²) in [5, 5.41) is 6.76. The summed E-state index contributed by atoms with van der Waals surface area (Å²) in [6.07, 6.45) is -4.46. The van der Waals surface area contributed by atoms with Gasteiger partial charge in [-0.1, -0.05) is 0 Å². The third kappa shape index (κ3) is 4.68. The third-order valence-electron chi connectivity index (χ3n) is 4.44. The highest BCUT2D eigenvalue weighted by Gasteiger charge is 2.30. The molecular formula is C21H18F3N3O3. The van der Waals surface area contributed by atoms with Crippen molar-refractivity contribution in [1.29, 1.82) is 0 Å². The van der Waals surface area contributed by atoms with Gasteiger partial charge in [-0.15, -0.1) is 0 Å². The monoisotopic (exact) mass is 417 g/mol. The molecule has 156 valence electrons. The summed E-state index contributed by atoms with van der Waals surface area (Å²) < 4.78 is 44.1. The number of methoxy groups -OCH3 is 1. The van der Waals surface area contributed by atoms with Crippen LogP contribution in [-0.2, 0) is 11.0 Å². The largest absolute Gasteiger partial charge is 0.497 e. The number of nitrogens with zero attached hydrogens (tertiary/aromatic N) is 2. The molecule has 1 heterocycles. The van der Waals surface area contributed by atoms with Gasteiger partial charge in [0.1, 0.15) is 11.8 Å². The smallest absolute Gasteiger partial charge is 0.416 e. The maximum absolute atomic E-state index is 12.7. The Labute approximate surface area is 169 Å². The normalized spacial score (nSPS) is 12.3. The minimum atomic E-state index is -4.46. The van der Waals surface area contributed by atoms with Crippen molar-refractivity contribution in [2.24, 2.45) is 0 Å². The van der Waals surface area contributed by atoms with Crippen LogP contribution in [0.25, 0.3) is 11.3 Å². The Morgan fingerprint density at radius 2 is 1.67 bits per heavy atom. The number of hydrogen-bond donors (Lipinski definition) is 1. The van der Waals surface area contributed by atoms with E-state index in [2.05, 4.69) is 10.4 Å². The molecule has 0 aliphatic carbocycles. The lowest BCUT2D eigenvalue weighted by Crippen LogP contribution is -2.33. The fourth-order valence-corrected chi connectivity index (χ4v) is 2.72. The van der Waals surface area contributed by atoms with Crippen LogP contribution in [0.2, 0.25) is 0 Å². The predicted octanol–water partition coefficient (Wildman–Crippen LogP) is 4.14. The van der Waals surface area contributed by atoms with Gasteiger partial charge in [0.05, 0.1) is 18.4 Å². The van der Waals surface area contributed by atoms with E-state index >= 15 is 0 Å². The minimum absolute atomic E-state index is 0.180. The van der Waals surface area contributed by atoms with Crippen molar-refractivity contribution < 1.29 is 22.7 Å². The number of halogens is 3. The summed E-state index contributed by atoms with van der Waals surface area (Å²) in [6.45, 7) is 1.48. The molecule has 30 heavy (non-hydrogen) atoms. The molecule has 0 radical (unpaired) electrons. The molecule has 0 saturated carbocycles. The Morgan fingerprint density at radius 1 is 1.03 bits per heavy atom. The average molecular weight is 417 g/mol. The van der Waals surface area contributed by atoms with Crippen molar-refractivity contribution in [3.05, 3.63) is 76.6 Å². The number of benzene rings is 2. The molecule has 3 rings (SSSR count). The number of ether oxygens (including phenoxy) is 1. The topological polar surface area (TPSA) is 73.2 Å². The second-order valence-electron chi connectivity index (χ2n) is 6.47. The summed E-state index contributed by atoms with van der Waals surface area (Å²) in [5.74, 6) is 0.0765. The van der Waals surface area contributed by atoms with Crippen LogP contribution in [0.15, 0.2) is 65.5 Å². The SMILES string of the molecule is COc1ccc(-c2ccc(=O)n(C(C)C(=O)Nc3ccc(C(F)(F)F)cc3)n2)cc1. The van der Waals surface area contributed by atoms with Crippen LogP contribution in [0, 0.1) is 0 Å². The van der Waals surface area contributed by atoms with Gasteiger partial charge in [-0.25, -0.2) is 4.68 Å². The van der Waals surface area contributed by atoms with Gasteiger partial charge < -0.3 is 10.1 Å². The minimum Gasteiger partial charge on any atom is -0.497 e. The molecule has 3 aromatic rings. The summed E-state index contributed by atoms with van der Waals surface area (Å²) in [7, 11) is 1.55. The molecule has 1 N–H and O–H groups in total. The van der Waals surface area contributed by atoms with Crippen LogP contribution < -0.4 is 15.6 Å². The van der Waals surface area contributed by atoms with Crippen molar-refractivity contribution in [2.75, 3.05) is 12.4 Å². The lowest BCUT2D eigenvalue weighted by molar-refractivity contribution is -0.137. The van der Waals surface area contributed by atoms with Crippen molar-refractivity contribution in [3.63, 3.8) is 0 Å². The van der Waals surface area contributed by atoms with Gasteiger partial charge in [0, 0.05) is 17.3 Å². The molecule has 6 nitrogen and oxygen atoms in total. The van der Waals surface area contributed by atoms with Crippen molar-refractivity contribution in [2.45, 2.75) is 19.1 Å². The third-order valence-corrected chi connectivity index (χ3v) is 4.44. The van der Waals surface area contributed by atoms with E-state index in [1.165, 1.54) is 13.0 Å². The molecule has 0 bridgehead atoms. The maximum atomic E-state index is 12.7. The van der Waals surface area contributed by atoms with Gasteiger partial charge in [0.15, 0.2) is 0 Å². The molecule has 1 unspecified atom stereocenters. The van der Waals surface area contributed by atoms with Crippen molar-refractivity contribution >= 4 is 11.6 Å². The number of alkyl halides is 3. The quantitative estimate of drug-likeness (QED) is 0.677. The summed E-state index contributed by atoms with van der Waals surface area (Å²) >= 11 is 0. The molecule has 0 saturated heterocycles. The summed E-state index contributed by atoms with van der Waals surface area (Å²) in [4.78, 5) is 24.8. The van der Waals surface area contributed by atoms with E-state index in [9.17, 15) is 22.8 Å². The highest BCUT2D eigenvalue weighted by Crippen LogP contribution is 2.30. The molecule has 0 aliphatic rings. The first-order chi connectivity index (χ1) is 14.2. The number of amides is 1. The van der Waals surface area contributed by atoms with Gasteiger partial charge in [0.25, 0.3) is 5.56 Å². The van der Waals surface area contributed by atoms with Crippen LogP contribution >= 0.6 is 0 Å². The second-order valence-corrected chi connectivity index (χ2v) is 6.47. The molecule has 1 aromatic heterocycles. The van der Waals surface area contributed by atoms with Gasteiger partial charge in [-0.05, 0) is 61.5 Å². The number of carbonyl (C=O) groups excluding carboxylic acids is 1. The number of hydrogen-bond acceptors (Lipinski definition) is 4. The van der Waals surface area contributed by atoms with Crippen LogP contribution in [0.1, 0.15) is 18.5 Å². The highest BCUT2D eigenvalue weighted by molar-refractivity contribution is 5.93.